The zero-order valence-electron chi connectivity index (χ0n) is 2.60. The van der Waals surface area contributed by atoms with Crippen LogP contribution >= 0.6 is 31.9 Å². The molecule has 0 aliphatic carbocycles. The molecule has 1 atom stereocenters. The van der Waals surface area contributed by atoms with Gasteiger partial charge in [-0.1, -0.05) is 31.9 Å². The molecule has 0 aromatic heterocycles. The molecule has 0 aromatic carbocycles. The Kier molecular flexibility index (Phi) is 3.68. The molecule has 0 aliphatic rings. The maximum absolute atomic E-state index is 9.72. The minimum atomic E-state index is -1.78. The summed E-state index contributed by atoms with van der Waals surface area (Å²) >= 11 is 3.83. The molecule has 0 aliphatic heterocycles. The number of alkyl halides is 2. The SMILES string of the molecule is O=S(O)C(Br)Br. The van der Waals surface area contributed by atoms with Crippen molar-refractivity contribution in [2.75, 3.05) is 0 Å². The molecule has 0 bridgehead atoms. The zero-order valence-corrected chi connectivity index (χ0v) is 6.59. The van der Waals surface area contributed by atoms with E-state index in [1.807, 2.05) is 0 Å². The fraction of sp³-hybridized carbons (Fsp3) is 1.00. The van der Waals surface area contributed by atoms with E-state index in [4.69, 9.17) is 4.55 Å². The lowest BCUT2D eigenvalue weighted by Gasteiger charge is -1.86. The molecule has 0 saturated heterocycles. The van der Waals surface area contributed by atoms with Crippen molar-refractivity contribution < 1.29 is 8.76 Å². The highest BCUT2D eigenvalue weighted by molar-refractivity contribution is 9.26. The van der Waals surface area contributed by atoms with E-state index in [-0.39, 0.29) is 0 Å². The zero-order chi connectivity index (χ0) is 5.15. The Bertz CT molecular complexity index is 62.6. The van der Waals surface area contributed by atoms with E-state index >= 15 is 0 Å². The van der Waals surface area contributed by atoms with Crippen LogP contribution < -0.4 is 0 Å². The first-order chi connectivity index (χ1) is 2.64. The van der Waals surface area contributed by atoms with Crippen LogP contribution in [0.5, 0.6) is 0 Å². The van der Waals surface area contributed by atoms with E-state index in [0.717, 1.165) is 0 Å². The summed E-state index contributed by atoms with van der Waals surface area (Å²) in [5.74, 6) is 0. The number of halogens is 2. The van der Waals surface area contributed by atoms with Crippen LogP contribution in [-0.4, -0.2) is 11.8 Å². The summed E-state index contributed by atoms with van der Waals surface area (Å²) in [7, 11) is 0. The van der Waals surface area contributed by atoms with Gasteiger partial charge in [-0.15, -0.1) is 0 Å². The van der Waals surface area contributed by atoms with E-state index in [2.05, 4.69) is 31.9 Å². The Morgan fingerprint density at radius 2 is 1.83 bits per heavy atom. The first-order valence-corrected chi connectivity index (χ1v) is 4.02. The maximum atomic E-state index is 9.72. The first kappa shape index (κ1) is 7.07. The van der Waals surface area contributed by atoms with Gasteiger partial charge in [0.05, 0.1) is 0 Å². The van der Waals surface area contributed by atoms with Gasteiger partial charge in [0.1, 0.15) is 0 Å². The fourth-order valence-corrected chi connectivity index (χ4v) is 0. The molecule has 0 amide bonds. The van der Waals surface area contributed by atoms with Gasteiger partial charge >= 0.3 is 0 Å². The van der Waals surface area contributed by atoms with Crippen LogP contribution in [0.3, 0.4) is 0 Å². The van der Waals surface area contributed by atoms with Gasteiger partial charge in [0, 0.05) is 0 Å². The van der Waals surface area contributed by atoms with Crippen molar-refractivity contribution in [3.05, 3.63) is 0 Å². The Morgan fingerprint density at radius 3 is 1.83 bits per heavy atom. The first-order valence-electron chi connectivity index (χ1n) is 1.02. The highest BCUT2D eigenvalue weighted by Crippen LogP contribution is 2.09. The summed E-state index contributed by atoms with van der Waals surface area (Å²) < 4.78 is 17.2. The summed E-state index contributed by atoms with van der Waals surface area (Å²) in [6.45, 7) is 0. The van der Waals surface area contributed by atoms with Crippen molar-refractivity contribution >= 4 is 42.9 Å². The maximum Gasteiger partial charge on any atom is 0.178 e. The molecular formula is CH2Br2O2S. The predicted octanol–water partition coefficient (Wildman–Crippen LogP) is 1.28. The van der Waals surface area contributed by atoms with Gasteiger partial charge in [-0.25, -0.2) is 4.21 Å². The van der Waals surface area contributed by atoms with Crippen molar-refractivity contribution in [3.63, 3.8) is 0 Å². The van der Waals surface area contributed by atoms with Crippen LogP contribution in [0.2, 0.25) is 0 Å². The quantitative estimate of drug-likeness (QED) is 0.551. The molecule has 0 saturated carbocycles. The molecule has 0 aromatic rings. The number of hydrogen-bond donors (Lipinski definition) is 1. The lowest BCUT2D eigenvalue weighted by Crippen LogP contribution is -1.93. The van der Waals surface area contributed by atoms with Crippen LogP contribution in [0.4, 0.5) is 0 Å². The highest BCUT2D eigenvalue weighted by atomic mass is 79.9. The molecule has 0 heterocycles. The van der Waals surface area contributed by atoms with Gasteiger partial charge in [-0.3, -0.25) is 0 Å². The predicted molar refractivity (Wildman–Crippen MR) is 32.4 cm³/mol. The monoisotopic (exact) mass is 236 g/mol. The van der Waals surface area contributed by atoms with Crippen molar-refractivity contribution in [2.45, 2.75) is 3.07 Å². The molecule has 0 spiro atoms. The Morgan fingerprint density at radius 1 is 1.67 bits per heavy atom. The number of hydrogen-bond acceptors (Lipinski definition) is 1. The normalized spacial score (nSPS) is 15.3. The molecule has 1 unspecified atom stereocenters. The van der Waals surface area contributed by atoms with Crippen molar-refractivity contribution in [3.8, 4) is 0 Å². The average Bonchev–Trinajstić information content (AvgIpc) is 1.36. The molecule has 0 fully saturated rings. The van der Waals surface area contributed by atoms with E-state index in [0.29, 0.717) is 0 Å². The third-order valence-corrected chi connectivity index (χ3v) is 2.38. The molecule has 6 heavy (non-hydrogen) atoms. The van der Waals surface area contributed by atoms with E-state index in [1.165, 1.54) is 0 Å². The molecule has 0 rings (SSSR count). The third kappa shape index (κ3) is 3.27. The smallest absolute Gasteiger partial charge is 0.178 e. The van der Waals surface area contributed by atoms with Gasteiger partial charge in [0.25, 0.3) is 0 Å². The molecule has 2 nitrogen and oxygen atoms in total. The van der Waals surface area contributed by atoms with E-state index < -0.39 is 14.1 Å². The Hall–Kier alpha value is 1.07. The summed E-state index contributed by atoms with van der Waals surface area (Å²) in [5, 5.41) is 0. The summed E-state index contributed by atoms with van der Waals surface area (Å²) in [5.41, 5.74) is 0. The highest BCUT2D eigenvalue weighted by Gasteiger charge is 2.00. The minimum absolute atomic E-state index is 0.495. The van der Waals surface area contributed by atoms with Gasteiger partial charge in [0.2, 0.25) is 0 Å². The fourth-order valence-electron chi connectivity index (χ4n) is 0. The summed E-state index contributed by atoms with van der Waals surface area (Å²) in [6, 6.07) is 0. The minimum Gasteiger partial charge on any atom is -0.305 e. The van der Waals surface area contributed by atoms with Crippen LogP contribution in [0.25, 0.3) is 0 Å². The van der Waals surface area contributed by atoms with Crippen molar-refractivity contribution in [1.82, 2.24) is 0 Å². The van der Waals surface area contributed by atoms with Crippen molar-refractivity contribution in [2.24, 2.45) is 0 Å². The van der Waals surface area contributed by atoms with Crippen LogP contribution in [0.1, 0.15) is 0 Å². The average molecular weight is 238 g/mol. The summed E-state index contributed by atoms with van der Waals surface area (Å²) in [4.78, 5) is 0. The van der Waals surface area contributed by atoms with Crippen LogP contribution in [0, 0.1) is 0 Å². The second-order valence-corrected chi connectivity index (χ2v) is 5.83. The second-order valence-electron chi connectivity index (χ2n) is 0.537. The van der Waals surface area contributed by atoms with Crippen LogP contribution in [-0.2, 0) is 11.1 Å². The van der Waals surface area contributed by atoms with Crippen molar-refractivity contribution in [1.29, 1.82) is 0 Å². The second kappa shape index (κ2) is 3.12. The molecule has 1 N–H and O–H groups in total. The molecule has 0 radical (unpaired) electrons. The number of rotatable bonds is 1. The van der Waals surface area contributed by atoms with Gasteiger partial charge in [0.15, 0.2) is 14.1 Å². The molecule has 5 heteroatoms. The van der Waals surface area contributed by atoms with E-state index in [1.54, 1.807) is 0 Å². The van der Waals surface area contributed by atoms with Gasteiger partial charge in [-0.05, 0) is 0 Å². The standard InChI is InChI=1S/CH2Br2O2S/c2-1(3)6(4)5/h1H,(H,4,5). The lowest BCUT2D eigenvalue weighted by atomic mass is 11.9. The van der Waals surface area contributed by atoms with Crippen LogP contribution in [0.15, 0.2) is 0 Å². The Labute approximate surface area is 54.9 Å². The lowest BCUT2D eigenvalue weighted by molar-refractivity contribution is 0.568. The molecular weight excluding hydrogens is 236 g/mol. The third-order valence-electron chi connectivity index (χ3n) is 0.152. The summed E-state index contributed by atoms with van der Waals surface area (Å²) in [6.07, 6.45) is 0. The van der Waals surface area contributed by atoms with Gasteiger partial charge < -0.3 is 4.55 Å². The Balaban J connectivity index is 3.26. The molecule has 38 valence electrons. The largest absolute Gasteiger partial charge is 0.305 e. The van der Waals surface area contributed by atoms with E-state index in [9.17, 15) is 4.21 Å². The topological polar surface area (TPSA) is 37.3 Å². The van der Waals surface area contributed by atoms with Gasteiger partial charge in [-0.2, -0.15) is 0 Å².